The molecule has 2 rings (SSSR count). The largest absolute Gasteiger partial charge is 0.497 e. The van der Waals surface area contributed by atoms with Crippen molar-refractivity contribution in [2.24, 2.45) is 0 Å². The van der Waals surface area contributed by atoms with Crippen LogP contribution in [0.5, 0.6) is 5.75 Å². The van der Waals surface area contributed by atoms with Crippen LogP contribution in [-0.4, -0.2) is 12.1 Å². The molecule has 0 radical (unpaired) electrons. The highest BCUT2D eigenvalue weighted by Crippen LogP contribution is 2.21. The lowest BCUT2D eigenvalue weighted by atomic mass is 10.0. The van der Waals surface area contributed by atoms with Gasteiger partial charge in [-0.05, 0) is 29.8 Å². The second-order valence-electron chi connectivity index (χ2n) is 3.42. The maximum Gasteiger partial charge on any atom is 0.118 e. The molecule has 0 aliphatic carbocycles. The summed E-state index contributed by atoms with van der Waals surface area (Å²) in [4.78, 5) is 4.27. The predicted octanol–water partition coefficient (Wildman–Crippen LogP) is 3.15. The van der Waals surface area contributed by atoms with E-state index in [4.69, 9.17) is 4.74 Å². The summed E-state index contributed by atoms with van der Waals surface area (Å²) in [6, 6.07) is 13.6. The van der Waals surface area contributed by atoms with Gasteiger partial charge >= 0.3 is 0 Å². The summed E-state index contributed by atoms with van der Waals surface area (Å²) >= 11 is 0. The van der Waals surface area contributed by atoms with E-state index in [0.717, 1.165) is 22.6 Å². The van der Waals surface area contributed by atoms with E-state index in [1.165, 1.54) is 0 Å². The molecule has 0 unspecified atom stereocenters. The zero-order valence-electron chi connectivity index (χ0n) is 9.18. The summed E-state index contributed by atoms with van der Waals surface area (Å²) < 4.78 is 5.11. The van der Waals surface area contributed by atoms with Crippen LogP contribution in [-0.2, 0) is 0 Å². The topological polar surface area (TPSA) is 22.1 Å². The number of benzene rings is 1. The number of hydrogen-bond donors (Lipinski definition) is 0. The van der Waals surface area contributed by atoms with Crippen LogP contribution in [0.15, 0.2) is 55.2 Å². The summed E-state index contributed by atoms with van der Waals surface area (Å²) in [5.41, 5.74) is 2.87. The minimum atomic E-state index is 0.845. The molecule has 0 aliphatic heterocycles. The van der Waals surface area contributed by atoms with Crippen molar-refractivity contribution >= 4 is 5.57 Å². The number of nitrogens with zero attached hydrogens (tertiary/aromatic N) is 1. The standard InChI is InChI=1S/C14H13NO/c1-11(14-5-3-4-10-15-14)12-6-8-13(16-2)9-7-12/h3-10H,1H2,2H3. The van der Waals surface area contributed by atoms with Crippen molar-refractivity contribution in [2.45, 2.75) is 0 Å². The van der Waals surface area contributed by atoms with E-state index in [1.807, 2.05) is 42.5 Å². The Kier molecular flexibility index (Phi) is 3.01. The molecule has 16 heavy (non-hydrogen) atoms. The smallest absolute Gasteiger partial charge is 0.118 e. The Hall–Kier alpha value is -2.09. The third-order valence-electron chi connectivity index (χ3n) is 2.41. The van der Waals surface area contributed by atoms with Gasteiger partial charge < -0.3 is 4.74 Å². The molecule has 1 aromatic carbocycles. The first-order valence-electron chi connectivity index (χ1n) is 5.06. The molecule has 0 atom stereocenters. The van der Waals surface area contributed by atoms with Crippen molar-refractivity contribution in [1.29, 1.82) is 0 Å². The van der Waals surface area contributed by atoms with Crippen LogP contribution < -0.4 is 4.74 Å². The number of hydrogen-bond acceptors (Lipinski definition) is 2. The first-order chi connectivity index (χ1) is 7.81. The maximum atomic E-state index is 5.11. The summed E-state index contributed by atoms with van der Waals surface area (Å²) in [5, 5.41) is 0. The second-order valence-corrected chi connectivity index (χ2v) is 3.42. The fourth-order valence-corrected chi connectivity index (χ4v) is 1.48. The Morgan fingerprint density at radius 3 is 2.44 bits per heavy atom. The van der Waals surface area contributed by atoms with Gasteiger partial charge in [0, 0.05) is 11.8 Å². The Morgan fingerprint density at radius 1 is 1.12 bits per heavy atom. The first-order valence-corrected chi connectivity index (χ1v) is 5.06. The van der Waals surface area contributed by atoms with E-state index in [-0.39, 0.29) is 0 Å². The van der Waals surface area contributed by atoms with E-state index in [1.54, 1.807) is 13.3 Å². The molecule has 0 N–H and O–H groups in total. The molecule has 0 saturated carbocycles. The molecule has 2 aromatic rings. The van der Waals surface area contributed by atoms with Crippen molar-refractivity contribution in [3.63, 3.8) is 0 Å². The van der Waals surface area contributed by atoms with Gasteiger partial charge in [-0.25, -0.2) is 0 Å². The van der Waals surface area contributed by atoms with Crippen LogP contribution in [0.2, 0.25) is 0 Å². The van der Waals surface area contributed by atoms with Crippen LogP contribution in [0.3, 0.4) is 0 Å². The Labute approximate surface area is 95.2 Å². The molecular formula is C14H13NO. The monoisotopic (exact) mass is 211 g/mol. The molecule has 2 nitrogen and oxygen atoms in total. The Morgan fingerprint density at radius 2 is 1.88 bits per heavy atom. The van der Waals surface area contributed by atoms with Crippen LogP contribution in [0, 0.1) is 0 Å². The van der Waals surface area contributed by atoms with Crippen molar-refractivity contribution in [3.05, 3.63) is 66.5 Å². The third kappa shape index (κ3) is 2.11. The quantitative estimate of drug-likeness (QED) is 0.778. The van der Waals surface area contributed by atoms with Gasteiger partial charge in [-0.3, -0.25) is 4.98 Å². The zero-order valence-corrected chi connectivity index (χ0v) is 9.18. The van der Waals surface area contributed by atoms with Crippen molar-refractivity contribution in [3.8, 4) is 5.75 Å². The number of aromatic nitrogens is 1. The number of ether oxygens (including phenoxy) is 1. The van der Waals surface area contributed by atoms with Gasteiger partial charge in [0.25, 0.3) is 0 Å². The first kappa shape index (κ1) is 10.4. The Bertz CT molecular complexity index is 474. The average Bonchev–Trinajstić information content (AvgIpc) is 2.39. The van der Waals surface area contributed by atoms with Gasteiger partial charge in [-0.1, -0.05) is 24.8 Å². The predicted molar refractivity (Wildman–Crippen MR) is 65.4 cm³/mol. The molecule has 0 amide bonds. The summed E-state index contributed by atoms with van der Waals surface area (Å²) in [6.07, 6.45) is 1.77. The van der Waals surface area contributed by atoms with Gasteiger partial charge in [-0.15, -0.1) is 0 Å². The molecule has 1 heterocycles. The molecule has 1 aromatic heterocycles. The number of methoxy groups -OCH3 is 1. The van der Waals surface area contributed by atoms with Crippen molar-refractivity contribution in [1.82, 2.24) is 4.98 Å². The third-order valence-corrected chi connectivity index (χ3v) is 2.41. The lowest BCUT2D eigenvalue weighted by Crippen LogP contribution is -1.89. The lowest BCUT2D eigenvalue weighted by molar-refractivity contribution is 0.415. The minimum Gasteiger partial charge on any atom is -0.497 e. The van der Waals surface area contributed by atoms with Crippen molar-refractivity contribution < 1.29 is 4.74 Å². The van der Waals surface area contributed by atoms with Gasteiger partial charge in [-0.2, -0.15) is 0 Å². The number of rotatable bonds is 3. The van der Waals surface area contributed by atoms with Crippen LogP contribution in [0.1, 0.15) is 11.3 Å². The highest BCUT2D eigenvalue weighted by Gasteiger charge is 2.02. The van der Waals surface area contributed by atoms with Gasteiger partial charge in [0.05, 0.1) is 12.8 Å². The number of pyridine rings is 1. The highest BCUT2D eigenvalue weighted by atomic mass is 16.5. The van der Waals surface area contributed by atoms with Gasteiger partial charge in [0.2, 0.25) is 0 Å². The highest BCUT2D eigenvalue weighted by molar-refractivity contribution is 5.76. The van der Waals surface area contributed by atoms with E-state index < -0.39 is 0 Å². The summed E-state index contributed by atoms with van der Waals surface area (Å²) in [6.45, 7) is 4.05. The van der Waals surface area contributed by atoms with Crippen LogP contribution in [0.25, 0.3) is 5.57 Å². The zero-order chi connectivity index (χ0) is 11.4. The van der Waals surface area contributed by atoms with Crippen molar-refractivity contribution in [2.75, 3.05) is 7.11 Å². The Balaban J connectivity index is 2.28. The van der Waals surface area contributed by atoms with Gasteiger partial charge in [0.15, 0.2) is 0 Å². The van der Waals surface area contributed by atoms with Gasteiger partial charge in [0.1, 0.15) is 5.75 Å². The molecule has 2 heteroatoms. The maximum absolute atomic E-state index is 5.11. The van der Waals surface area contributed by atoms with E-state index in [9.17, 15) is 0 Å². The van der Waals surface area contributed by atoms with E-state index in [0.29, 0.717) is 0 Å². The fourth-order valence-electron chi connectivity index (χ4n) is 1.48. The summed E-state index contributed by atoms with van der Waals surface area (Å²) in [5.74, 6) is 0.845. The lowest BCUT2D eigenvalue weighted by Gasteiger charge is -2.06. The molecule has 0 fully saturated rings. The molecule has 0 bridgehead atoms. The van der Waals surface area contributed by atoms with Crippen LogP contribution >= 0.6 is 0 Å². The molecule has 0 spiro atoms. The fraction of sp³-hybridized carbons (Fsp3) is 0.0714. The second kappa shape index (κ2) is 4.62. The summed E-state index contributed by atoms with van der Waals surface area (Å²) in [7, 11) is 1.66. The molecular weight excluding hydrogens is 198 g/mol. The minimum absolute atomic E-state index is 0.845. The van der Waals surface area contributed by atoms with Crippen LogP contribution in [0.4, 0.5) is 0 Å². The molecule has 0 saturated heterocycles. The average molecular weight is 211 g/mol. The SMILES string of the molecule is C=C(c1ccc(OC)cc1)c1ccccn1. The van der Waals surface area contributed by atoms with E-state index >= 15 is 0 Å². The molecule has 80 valence electrons. The normalized spacial score (nSPS) is 9.81. The van der Waals surface area contributed by atoms with E-state index in [2.05, 4.69) is 11.6 Å². The molecule has 0 aliphatic rings.